The molecule has 34 heavy (non-hydrogen) atoms. The Balaban J connectivity index is 1.21. The van der Waals surface area contributed by atoms with Gasteiger partial charge in [-0.1, -0.05) is 0 Å². The highest BCUT2D eigenvalue weighted by Crippen LogP contribution is 2.37. The highest BCUT2D eigenvalue weighted by molar-refractivity contribution is 5.86. The fraction of sp³-hybridized carbons (Fsp3) is 0.520. The summed E-state index contributed by atoms with van der Waals surface area (Å²) in [6, 6.07) is 4.55. The number of benzene rings is 1. The van der Waals surface area contributed by atoms with Gasteiger partial charge < -0.3 is 23.7 Å². The number of rotatable bonds is 5. The van der Waals surface area contributed by atoms with E-state index < -0.39 is 0 Å². The average molecular weight is 464 g/mol. The number of ether oxygens (including phenoxy) is 3. The lowest BCUT2D eigenvalue weighted by atomic mass is 9.95. The van der Waals surface area contributed by atoms with E-state index in [-0.39, 0.29) is 17.8 Å². The Morgan fingerprint density at radius 2 is 1.59 bits per heavy atom. The maximum atomic E-state index is 12.3. The van der Waals surface area contributed by atoms with Crippen LogP contribution in [-0.2, 0) is 11.8 Å². The van der Waals surface area contributed by atoms with Crippen LogP contribution >= 0.6 is 0 Å². The van der Waals surface area contributed by atoms with Crippen molar-refractivity contribution in [3.8, 4) is 11.8 Å². The smallest absolute Gasteiger partial charge is 0.316 e. The summed E-state index contributed by atoms with van der Waals surface area (Å²) in [5, 5.41) is 0. The highest BCUT2D eigenvalue weighted by atomic mass is 16.5. The molecule has 4 fully saturated rings. The lowest BCUT2D eigenvalue weighted by Crippen LogP contribution is -2.57. The van der Waals surface area contributed by atoms with Crippen molar-refractivity contribution in [1.82, 2.24) is 19.5 Å². The Morgan fingerprint density at radius 1 is 0.941 bits per heavy atom. The van der Waals surface area contributed by atoms with Crippen molar-refractivity contribution in [2.45, 2.75) is 63.4 Å². The molecule has 2 unspecified atom stereocenters. The largest absolute Gasteiger partial charge is 0.488 e. The van der Waals surface area contributed by atoms with Crippen LogP contribution in [0.25, 0.3) is 11.0 Å². The summed E-state index contributed by atoms with van der Waals surface area (Å²) in [6.45, 7) is 3.70. The molecule has 2 atom stereocenters. The average Bonchev–Trinajstić information content (AvgIpc) is 2.83. The molecule has 1 aliphatic carbocycles. The van der Waals surface area contributed by atoms with Gasteiger partial charge in [0.05, 0.1) is 30.0 Å². The standard InChI is InChI=1S/C25H29N5O4/c1-15-10-27-25(28-11-15)34-18-5-3-17(4-6-18)33-22-8-16(30-13-19-9-20(14-30)32-19)7-21-24(22)29(2)23(31)12-26-21/h7-8,10-12,17-20H,3-6,9,13-14H2,1-2H3/t17-,18+,19?,20?. The van der Waals surface area contributed by atoms with E-state index in [2.05, 4.69) is 32.0 Å². The molecule has 0 amide bonds. The van der Waals surface area contributed by atoms with Crippen LogP contribution in [-0.4, -0.2) is 57.0 Å². The Morgan fingerprint density at radius 3 is 2.26 bits per heavy atom. The molecule has 1 aromatic carbocycles. The van der Waals surface area contributed by atoms with Gasteiger partial charge in [0.2, 0.25) is 0 Å². The first kappa shape index (κ1) is 21.3. The molecule has 3 aromatic rings. The zero-order chi connectivity index (χ0) is 23.2. The summed E-state index contributed by atoms with van der Waals surface area (Å²) in [5.74, 6) is 0.714. The van der Waals surface area contributed by atoms with Crippen LogP contribution in [0.15, 0.2) is 35.5 Å². The number of hydrogen-bond acceptors (Lipinski definition) is 8. The molecule has 5 heterocycles. The van der Waals surface area contributed by atoms with Gasteiger partial charge in [0.15, 0.2) is 0 Å². The van der Waals surface area contributed by atoms with Gasteiger partial charge >= 0.3 is 6.01 Å². The number of anilines is 1. The minimum atomic E-state index is -0.145. The van der Waals surface area contributed by atoms with Crippen LogP contribution in [0.5, 0.6) is 11.8 Å². The zero-order valence-electron chi connectivity index (χ0n) is 19.5. The van der Waals surface area contributed by atoms with Gasteiger partial charge in [0, 0.05) is 50.7 Å². The van der Waals surface area contributed by atoms with E-state index in [1.165, 1.54) is 6.20 Å². The predicted molar refractivity (Wildman–Crippen MR) is 127 cm³/mol. The van der Waals surface area contributed by atoms with Crippen molar-refractivity contribution in [1.29, 1.82) is 0 Å². The van der Waals surface area contributed by atoms with Crippen molar-refractivity contribution in [2.75, 3.05) is 18.0 Å². The number of fused-ring (bicyclic) bond motifs is 3. The van der Waals surface area contributed by atoms with Crippen molar-refractivity contribution in [2.24, 2.45) is 7.05 Å². The second kappa shape index (κ2) is 8.54. The molecular weight excluding hydrogens is 434 g/mol. The minimum Gasteiger partial charge on any atom is -0.488 e. The molecule has 3 aliphatic heterocycles. The summed E-state index contributed by atoms with van der Waals surface area (Å²) in [5.41, 5.74) is 3.44. The maximum absolute atomic E-state index is 12.3. The van der Waals surface area contributed by atoms with Gasteiger partial charge in [-0.15, -0.1) is 0 Å². The minimum absolute atomic E-state index is 0.0469. The highest BCUT2D eigenvalue weighted by Gasteiger charge is 2.38. The van der Waals surface area contributed by atoms with E-state index in [0.717, 1.165) is 67.5 Å². The summed E-state index contributed by atoms with van der Waals surface area (Å²) in [4.78, 5) is 27.6. The normalized spacial score (nSPS) is 26.2. The number of piperidine rings is 1. The quantitative estimate of drug-likeness (QED) is 0.571. The predicted octanol–water partition coefficient (Wildman–Crippen LogP) is 2.78. The first-order valence-corrected chi connectivity index (χ1v) is 12.0. The number of aromatic nitrogens is 4. The van der Waals surface area contributed by atoms with E-state index >= 15 is 0 Å². The topological polar surface area (TPSA) is 91.6 Å². The Bertz CT molecular complexity index is 1240. The van der Waals surface area contributed by atoms with Gasteiger partial charge in [-0.25, -0.2) is 15.0 Å². The van der Waals surface area contributed by atoms with Crippen LogP contribution in [0.4, 0.5) is 5.69 Å². The molecule has 0 N–H and O–H groups in total. The molecule has 7 rings (SSSR count). The Labute approximate surface area is 197 Å². The third-order valence-corrected chi connectivity index (χ3v) is 7.09. The molecule has 2 bridgehead atoms. The van der Waals surface area contributed by atoms with Crippen molar-refractivity contribution in [3.63, 3.8) is 0 Å². The molecule has 0 radical (unpaired) electrons. The van der Waals surface area contributed by atoms with Crippen LogP contribution in [0.2, 0.25) is 0 Å². The monoisotopic (exact) mass is 463 g/mol. The van der Waals surface area contributed by atoms with Gasteiger partial charge in [-0.2, -0.15) is 0 Å². The molecule has 3 saturated heterocycles. The molecule has 4 aliphatic rings. The van der Waals surface area contributed by atoms with Crippen molar-refractivity contribution in [3.05, 3.63) is 46.6 Å². The molecular formula is C25H29N5O4. The molecule has 2 aromatic heterocycles. The molecule has 9 nitrogen and oxygen atoms in total. The SMILES string of the molecule is Cc1cnc(O[C@H]2CC[C@@H](Oc3cc(N4CC5CC(C4)O5)cc4ncc(=O)n(C)c34)CC2)nc1. The van der Waals surface area contributed by atoms with E-state index in [9.17, 15) is 4.79 Å². The zero-order valence-corrected chi connectivity index (χ0v) is 19.5. The second-order valence-electron chi connectivity index (χ2n) is 9.67. The summed E-state index contributed by atoms with van der Waals surface area (Å²) in [7, 11) is 1.77. The first-order chi connectivity index (χ1) is 16.5. The number of hydrogen-bond donors (Lipinski definition) is 0. The van der Waals surface area contributed by atoms with Crippen LogP contribution in [0.3, 0.4) is 0 Å². The van der Waals surface area contributed by atoms with Crippen molar-refractivity contribution >= 4 is 16.7 Å². The molecule has 178 valence electrons. The van der Waals surface area contributed by atoms with E-state index in [0.29, 0.717) is 24.0 Å². The van der Waals surface area contributed by atoms with E-state index in [4.69, 9.17) is 14.2 Å². The number of nitrogens with zero attached hydrogens (tertiary/aromatic N) is 5. The summed E-state index contributed by atoms with van der Waals surface area (Å²) >= 11 is 0. The van der Waals surface area contributed by atoms with Gasteiger partial charge in [0.25, 0.3) is 5.56 Å². The lowest BCUT2D eigenvalue weighted by Gasteiger charge is -2.48. The molecule has 1 saturated carbocycles. The van der Waals surface area contributed by atoms with Crippen LogP contribution < -0.4 is 19.9 Å². The summed E-state index contributed by atoms with van der Waals surface area (Å²) in [6.07, 6.45) is 10.2. The third kappa shape index (κ3) is 4.09. The number of morpholine rings is 1. The lowest BCUT2D eigenvalue weighted by molar-refractivity contribution is -0.133. The first-order valence-electron chi connectivity index (χ1n) is 12.0. The van der Waals surface area contributed by atoms with Crippen LogP contribution in [0.1, 0.15) is 37.7 Å². The fourth-order valence-electron chi connectivity index (χ4n) is 5.21. The molecule has 9 heteroatoms. The van der Waals surface area contributed by atoms with E-state index in [1.54, 1.807) is 24.0 Å². The molecule has 0 spiro atoms. The number of aryl methyl sites for hydroxylation is 2. The fourth-order valence-corrected chi connectivity index (χ4v) is 5.21. The second-order valence-corrected chi connectivity index (χ2v) is 9.67. The van der Waals surface area contributed by atoms with E-state index in [1.807, 2.05) is 6.92 Å². The Hall–Kier alpha value is -3.20. The van der Waals surface area contributed by atoms with Gasteiger partial charge in [-0.05, 0) is 44.2 Å². The summed E-state index contributed by atoms with van der Waals surface area (Å²) < 4.78 is 19.9. The van der Waals surface area contributed by atoms with Gasteiger partial charge in [-0.3, -0.25) is 4.79 Å². The third-order valence-electron chi connectivity index (χ3n) is 7.09. The maximum Gasteiger partial charge on any atom is 0.316 e. The van der Waals surface area contributed by atoms with Crippen LogP contribution in [0, 0.1) is 6.92 Å². The van der Waals surface area contributed by atoms with Gasteiger partial charge in [0.1, 0.15) is 17.4 Å². The van der Waals surface area contributed by atoms with Crippen molar-refractivity contribution < 1.29 is 14.2 Å². The Kier molecular flexibility index (Phi) is 5.36.